The smallest absolute Gasteiger partial charge is 0.143 e. The minimum absolute atomic E-state index is 0.916. The van der Waals surface area contributed by atoms with Crippen molar-refractivity contribution in [1.82, 2.24) is 0 Å². The number of rotatable bonds is 4. The van der Waals surface area contributed by atoms with Crippen LogP contribution >= 0.6 is 0 Å². The first-order valence-electron chi connectivity index (χ1n) is 14.0. The zero-order valence-electron chi connectivity index (χ0n) is 22.4. The summed E-state index contributed by atoms with van der Waals surface area (Å²) in [6.07, 6.45) is 0. The molecule has 1 heteroatoms. The van der Waals surface area contributed by atoms with Gasteiger partial charge in [0.2, 0.25) is 0 Å². The second-order valence-corrected chi connectivity index (χ2v) is 10.6. The average Bonchev–Trinajstić information content (AvgIpc) is 3.44. The van der Waals surface area contributed by atoms with Crippen LogP contribution in [0.4, 0.5) is 0 Å². The summed E-state index contributed by atoms with van der Waals surface area (Å²) >= 11 is 0. The van der Waals surface area contributed by atoms with Gasteiger partial charge in [-0.25, -0.2) is 0 Å². The van der Waals surface area contributed by atoms with Gasteiger partial charge in [-0.05, 0) is 92.4 Å². The quantitative estimate of drug-likeness (QED) is 0.224. The average molecular weight is 523 g/mol. The molecule has 0 unspecified atom stereocenters. The van der Waals surface area contributed by atoms with E-state index in [0.717, 1.165) is 27.3 Å². The SMILES string of the molecule is c1ccc(-c2cc(-c3ccccc3)cc(-c3cccc(-c4ccc5oc6c7ccccc7ccc6c5c4)c3)c2)cc1. The molecular formula is C40H26O. The molecule has 8 rings (SSSR count). The van der Waals surface area contributed by atoms with Crippen LogP contribution < -0.4 is 0 Å². The third-order valence-corrected chi connectivity index (χ3v) is 8.04. The van der Waals surface area contributed by atoms with Crippen molar-refractivity contribution in [2.75, 3.05) is 0 Å². The summed E-state index contributed by atoms with van der Waals surface area (Å²) in [5.41, 5.74) is 11.5. The Morgan fingerprint density at radius 3 is 1.54 bits per heavy atom. The molecule has 0 aliphatic carbocycles. The second-order valence-electron chi connectivity index (χ2n) is 10.6. The van der Waals surface area contributed by atoms with Gasteiger partial charge < -0.3 is 4.42 Å². The van der Waals surface area contributed by atoms with Gasteiger partial charge in [0.05, 0.1) is 0 Å². The van der Waals surface area contributed by atoms with Crippen LogP contribution in [0.5, 0.6) is 0 Å². The van der Waals surface area contributed by atoms with E-state index in [2.05, 4.69) is 158 Å². The van der Waals surface area contributed by atoms with Gasteiger partial charge >= 0.3 is 0 Å². The van der Waals surface area contributed by atoms with Crippen LogP contribution in [-0.4, -0.2) is 0 Å². The molecule has 1 nitrogen and oxygen atoms in total. The van der Waals surface area contributed by atoms with Crippen molar-refractivity contribution in [2.24, 2.45) is 0 Å². The highest BCUT2D eigenvalue weighted by Gasteiger charge is 2.13. The van der Waals surface area contributed by atoms with E-state index in [1.54, 1.807) is 0 Å². The first-order valence-corrected chi connectivity index (χ1v) is 14.0. The summed E-state index contributed by atoms with van der Waals surface area (Å²) in [5.74, 6) is 0. The van der Waals surface area contributed by atoms with Crippen LogP contribution in [0.2, 0.25) is 0 Å². The molecule has 41 heavy (non-hydrogen) atoms. The third-order valence-electron chi connectivity index (χ3n) is 8.04. The topological polar surface area (TPSA) is 13.1 Å². The highest BCUT2D eigenvalue weighted by atomic mass is 16.3. The monoisotopic (exact) mass is 522 g/mol. The van der Waals surface area contributed by atoms with Crippen LogP contribution in [0.15, 0.2) is 162 Å². The molecular weight excluding hydrogens is 496 g/mol. The molecule has 0 saturated carbocycles. The van der Waals surface area contributed by atoms with E-state index in [-0.39, 0.29) is 0 Å². The lowest BCUT2D eigenvalue weighted by Gasteiger charge is -2.12. The van der Waals surface area contributed by atoms with Crippen molar-refractivity contribution >= 4 is 32.7 Å². The van der Waals surface area contributed by atoms with E-state index in [1.165, 1.54) is 49.9 Å². The molecule has 0 radical (unpaired) electrons. The van der Waals surface area contributed by atoms with Gasteiger partial charge in [-0.1, -0.05) is 115 Å². The predicted molar refractivity (Wildman–Crippen MR) is 173 cm³/mol. The Bertz CT molecular complexity index is 2130. The van der Waals surface area contributed by atoms with Gasteiger partial charge in [-0.3, -0.25) is 0 Å². The molecule has 0 N–H and O–H groups in total. The molecule has 1 heterocycles. The molecule has 8 aromatic rings. The van der Waals surface area contributed by atoms with Crippen LogP contribution in [0.25, 0.3) is 77.2 Å². The van der Waals surface area contributed by atoms with E-state index in [4.69, 9.17) is 4.42 Å². The summed E-state index contributed by atoms with van der Waals surface area (Å²) in [5, 5.41) is 4.64. The Hall–Kier alpha value is -5.40. The molecule has 0 atom stereocenters. The van der Waals surface area contributed by atoms with E-state index >= 15 is 0 Å². The lowest BCUT2D eigenvalue weighted by Crippen LogP contribution is -1.87. The summed E-state index contributed by atoms with van der Waals surface area (Å²) in [6.45, 7) is 0. The van der Waals surface area contributed by atoms with Gasteiger partial charge in [-0.2, -0.15) is 0 Å². The van der Waals surface area contributed by atoms with E-state index in [1.807, 2.05) is 0 Å². The maximum absolute atomic E-state index is 6.36. The molecule has 0 bridgehead atoms. The summed E-state index contributed by atoms with van der Waals surface area (Å²) in [7, 11) is 0. The fraction of sp³-hybridized carbons (Fsp3) is 0. The summed E-state index contributed by atoms with van der Waals surface area (Å²) in [4.78, 5) is 0. The minimum atomic E-state index is 0.916. The number of fused-ring (bicyclic) bond motifs is 5. The first kappa shape index (κ1) is 23.5. The van der Waals surface area contributed by atoms with Crippen molar-refractivity contribution in [3.8, 4) is 44.5 Å². The molecule has 0 saturated heterocycles. The van der Waals surface area contributed by atoms with Crippen molar-refractivity contribution < 1.29 is 4.42 Å². The highest BCUT2D eigenvalue weighted by molar-refractivity contribution is 6.15. The van der Waals surface area contributed by atoms with Crippen LogP contribution in [0, 0.1) is 0 Å². The molecule has 0 aliphatic heterocycles. The van der Waals surface area contributed by atoms with Crippen molar-refractivity contribution in [3.05, 3.63) is 158 Å². The standard InChI is InChI=1S/C40H26O/c1-3-10-27(11-4-1)33-23-34(28-12-5-2-6-13-28)25-35(24-33)31-16-9-15-30(22-31)32-19-21-39-38(26-32)37-20-18-29-14-7-8-17-36(29)40(37)41-39/h1-26H. The lowest BCUT2D eigenvalue weighted by atomic mass is 9.92. The largest absolute Gasteiger partial charge is 0.455 e. The van der Waals surface area contributed by atoms with E-state index in [0.29, 0.717) is 0 Å². The molecule has 7 aromatic carbocycles. The summed E-state index contributed by atoms with van der Waals surface area (Å²) in [6, 6.07) is 56.3. The zero-order valence-corrected chi connectivity index (χ0v) is 22.4. The van der Waals surface area contributed by atoms with E-state index < -0.39 is 0 Å². The van der Waals surface area contributed by atoms with E-state index in [9.17, 15) is 0 Å². The van der Waals surface area contributed by atoms with Crippen molar-refractivity contribution in [3.63, 3.8) is 0 Å². The normalized spacial score (nSPS) is 11.4. The van der Waals surface area contributed by atoms with Crippen molar-refractivity contribution in [1.29, 1.82) is 0 Å². The molecule has 0 aliphatic rings. The fourth-order valence-electron chi connectivity index (χ4n) is 5.95. The Labute approximate surface area is 238 Å². The third kappa shape index (κ3) is 4.20. The van der Waals surface area contributed by atoms with Crippen molar-refractivity contribution in [2.45, 2.75) is 0 Å². The number of benzene rings is 7. The Morgan fingerprint density at radius 1 is 0.293 bits per heavy atom. The Morgan fingerprint density at radius 2 is 0.829 bits per heavy atom. The first-order chi connectivity index (χ1) is 20.3. The summed E-state index contributed by atoms with van der Waals surface area (Å²) < 4.78 is 6.36. The van der Waals surface area contributed by atoms with Crippen LogP contribution in [0.1, 0.15) is 0 Å². The zero-order chi connectivity index (χ0) is 27.2. The highest BCUT2D eigenvalue weighted by Crippen LogP contribution is 2.38. The van der Waals surface area contributed by atoms with Crippen LogP contribution in [0.3, 0.4) is 0 Å². The maximum atomic E-state index is 6.36. The van der Waals surface area contributed by atoms with Gasteiger partial charge in [0, 0.05) is 16.2 Å². The van der Waals surface area contributed by atoms with Gasteiger partial charge in [0.1, 0.15) is 11.2 Å². The number of furan rings is 1. The van der Waals surface area contributed by atoms with Gasteiger partial charge in [0.15, 0.2) is 0 Å². The molecule has 0 fully saturated rings. The minimum Gasteiger partial charge on any atom is -0.455 e. The van der Waals surface area contributed by atoms with Gasteiger partial charge in [-0.15, -0.1) is 0 Å². The maximum Gasteiger partial charge on any atom is 0.143 e. The fourth-order valence-corrected chi connectivity index (χ4v) is 5.95. The Kier molecular flexibility index (Phi) is 5.53. The lowest BCUT2D eigenvalue weighted by molar-refractivity contribution is 0.672. The molecule has 1 aromatic heterocycles. The Balaban J connectivity index is 1.26. The number of hydrogen-bond donors (Lipinski definition) is 0. The predicted octanol–water partition coefficient (Wildman–Crippen LogP) is 11.4. The van der Waals surface area contributed by atoms with Crippen LogP contribution in [-0.2, 0) is 0 Å². The second kappa shape index (κ2) is 9.66. The molecule has 0 spiro atoms. The molecule has 192 valence electrons. The molecule has 0 amide bonds. The van der Waals surface area contributed by atoms with Gasteiger partial charge in [0.25, 0.3) is 0 Å². The number of hydrogen-bond acceptors (Lipinski definition) is 1.